The van der Waals surface area contributed by atoms with Crippen molar-refractivity contribution < 1.29 is 27.9 Å². The number of nitrogens with zero attached hydrogens (tertiary/aromatic N) is 1. The first kappa shape index (κ1) is 18.3. The van der Waals surface area contributed by atoms with E-state index in [1.54, 1.807) is 13.0 Å². The number of hydrogen-bond acceptors (Lipinski definition) is 5. The fourth-order valence-electron chi connectivity index (χ4n) is 3.06. The molecule has 2 rings (SSSR count). The molecule has 8 heteroatoms. The van der Waals surface area contributed by atoms with Crippen LogP contribution in [0.15, 0.2) is 17.0 Å². The van der Waals surface area contributed by atoms with Crippen LogP contribution in [0.1, 0.15) is 40.2 Å². The molecule has 0 aromatic heterocycles. The number of carbonyl (C=O) groups is 2. The number of carboxylic acid groups (broad SMARTS) is 1. The molecule has 0 atom stereocenters. The zero-order valence-corrected chi connectivity index (χ0v) is 14.7. The van der Waals surface area contributed by atoms with Crippen LogP contribution >= 0.6 is 0 Å². The van der Waals surface area contributed by atoms with Crippen molar-refractivity contribution in [3.8, 4) is 0 Å². The zero-order valence-electron chi connectivity index (χ0n) is 13.9. The van der Waals surface area contributed by atoms with Gasteiger partial charge in [0, 0.05) is 19.3 Å². The van der Waals surface area contributed by atoms with Gasteiger partial charge in [0.25, 0.3) is 0 Å². The molecule has 1 aliphatic rings. The van der Waals surface area contributed by atoms with Gasteiger partial charge in [0.05, 0.1) is 17.6 Å². The molecule has 1 aromatic carbocycles. The van der Waals surface area contributed by atoms with Crippen LogP contribution < -0.4 is 0 Å². The number of aryl methyl sites for hydroxylation is 1. The van der Waals surface area contributed by atoms with Crippen molar-refractivity contribution in [1.82, 2.24) is 4.90 Å². The Bertz CT molecular complexity index is 763. The lowest BCUT2D eigenvalue weighted by molar-refractivity contribution is 0.0599. The summed E-state index contributed by atoms with van der Waals surface area (Å²) in [6, 6.07) is 3.08. The predicted octanol–water partition coefficient (Wildman–Crippen LogP) is 2.04. The highest BCUT2D eigenvalue weighted by atomic mass is 32.2. The smallest absolute Gasteiger partial charge is 0.407 e. The number of likely N-dealkylation sites (tertiary alicyclic amines) is 1. The maximum absolute atomic E-state index is 12.2. The zero-order chi connectivity index (χ0) is 18.1. The summed E-state index contributed by atoms with van der Waals surface area (Å²) in [5.41, 5.74) is 1.52. The Balaban J connectivity index is 2.45. The van der Waals surface area contributed by atoms with E-state index in [4.69, 9.17) is 9.84 Å². The number of ether oxygens (including phenoxy) is 1. The average molecular weight is 355 g/mol. The van der Waals surface area contributed by atoms with E-state index in [9.17, 15) is 18.0 Å². The van der Waals surface area contributed by atoms with Crippen molar-refractivity contribution in [2.45, 2.75) is 30.6 Å². The van der Waals surface area contributed by atoms with Crippen LogP contribution in [0.2, 0.25) is 0 Å². The molecule has 0 spiro atoms. The van der Waals surface area contributed by atoms with Crippen molar-refractivity contribution in [1.29, 1.82) is 0 Å². The summed E-state index contributed by atoms with van der Waals surface area (Å²) in [6.45, 7) is 2.45. The molecule has 1 aromatic rings. The summed E-state index contributed by atoms with van der Waals surface area (Å²) in [7, 11) is -2.28. The Morgan fingerprint density at radius 1 is 1.25 bits per heavy atom. The Morgan fingerprint density at radius 3 is 2.29 bits per heavy atom. The highest BCUT2D eigenvalue weighted by Gasteiger charge is 2.28. The number of sulfone groups is 1. The lowest BCUT2D eigenvalue weighted by atomic mass is 9.87. The Hall–Kier alpha value is -2.09. The molecular weight excluding hydrogens is 334 g/mol. The summed E-state index contributed by atoms with van der Waals surface area (Å²) >= 11 is 0. The van der Waals surface area contributed by atoms with Crippen molar-refractivity contribution in [3.63, 3.8) is 0 Å². The second-order valence-electron chi connectivity index (χ2n) is 6.01. The van der Waals surface area contributed by atoms with E-state index < -0.39 is 21.9 Å². The number of benzene rings is 1. The number of carbonyl (C=O) groups excluding carboxylic acids is 1. The molecule has 0 unspecified atom stereocenters. The second-order valence-corrected chi connectivity index (χ2v) is 8.00. The Morgan fingerprint density at radius 2 is 1.83 bits per heavy atom. The summed E-state index contributed by atoms with van der Waals surface area (Å²) in [4.78, 5) is 24.3. The molecule has 7 nitrogen and oxygen atoms in total. The van der Waals surface area contributed by atoms with Crippen LogP contribution in [0, 0.1) is 6.92 Å². The van der Waals surface area contributed by atoms with Crippen LogP contribution in [0.3, 0.4) is 0 Å². The van der Waals surface area contributed by atoms with Gasteiger partial charge in [-0.1, -0.05) is 6.07 Å². The fourth-order valence-corrected chi connectivity index (χ4v) is 4.05. The monoisotopic (exact) mass is 355 g/mol. The molecule has 24 heavy (non-hydrogen) atoms. The second kappa shape index (κ2) is 6.80. The summed E-state index contributed by atoms with van der Waals surface area (Å²) in [6.07, 6.45) is 1.24. The summed E-state index contributed by atoms with van der Waals surface area (Å²) in [5, 5.41) is 9.03. The van der Waals surface area contributed by atoms with Gasteiger partial charge in [0.15, 0.2) is 9.84 Å². The number of amides is 1. The van der Waals surface area contributed by atoms with Gasteiger partial charge in [-0.2, -0.15) is 0 Å². The SMILES string of the molecule is COC(=O)c1cc(S(C)(=O)=O)c(C2CCN(C(=O)O)CC2)cc1C. The van der Waals surface area contributed by atoms with E-state index in [0.29, 0.717) is 37.1 Å². The number of hydrogen-bond donors (Lipinski definition) is 1. The largest absolute Gasteiger partial charge is 0.465 e. The number of esters is 1. The molecular formula is C16H21NO6S. The molecule has 0 saturated carbocycles. The van der Waals surface area contributed by atoms with E-state index in [0.717, 1.165) is 6.26 Å². The maximum atomic E-state index is 12.2. The van der Waals surface area contributed by atoms with Crippen LogP contribution in [0.5, 0.6) is 0 Å². The minimum absolute atomic E-state index is 0.0595. The van der Waals surface area contributed by atoms with Crippen molar-refractivity contribution in [2.24, 2.45) is 0 Å². The first-order valence-electron chi connectivity index (χ1n) is 7.56. The van der Waals surface area contributed by atoms with E-state index >= 15 is 0 Å². The molecule has 1 aliphatic heterocycles. The minimum atomic E-state index is -3.53. The van der Waals surface area contributed by atoms with Crippen LogP contribution in [0.4, 0.5) is 4.79 Å². The lowest BCUT2D eigenvalue weighted by Gasteiger charge is -2.31. The lowest BCUT2D eigenvalue weighted by Crippen LogP contribution is -2.37. The predicted molar refractivity (Wildman–Crippen MR) is 87.2 cm³/mol. The van der Waals surface area contributed by atoms with E-state index in [1.165, 1.54) is 18.1 Å². The maximum Gasteiger partial charge on any atom is 0.407 e. The normalized spacial score (nSPS) is 16.0. The van der Waals surface area contributed by atoms with E-state index in [2.05, 4.69) is 0 Å². The fraction of sp³-hybridized carbons (Fsp3) is 0.500. The van der Waals surface area contributed by atoms with Crippen LogP contribution in [-0.4, -0.2) is 56.9 Å². The summed E-state index contributed by atoms with van der Waals surface area (Å²) in [5.74, 6) is -0.639. The van der Waals surface area contributed by atoms with Crippen molar-refractivity contribution in [3.05, 3.63) is 28.8 Å². The molecule has 1 N–H and O–H groups in total. The first-order valence-corrected chi connectivity index (χ1v) is 9.45. The van der Waals surface area contributed by atoms with Gasteiger partial charge in [-0.3, -0.25) is 0 Å². The molecule has 1 saturated heterocycles. The topological polar surface area (TPSA) is 101 Å². The third kappa shape index (κ3) is 3.69. The van der Waals surface area contributed by atoms with Gasteiger partial charge >= 0.3 is 12.1 Å². The molecule has 1 heterocycles. The van der Waals surface area contributed by atoms with Gasteiger partial charge in [-0.05, 0) is 42.9 Å². The Labute approximate surface area is 141 Å². The van der Waals surface area contributed by atoms with Crippen LogP contribution in [-0.2, 0) is 14.6 Å². The van der Waals surface area contributed by atoms with E-state index in [1.807, 2.05) is 0 Å². The molecule has 1 amide bonds. The molecule has 1 fully saturated rings. The van der Waals surface area contributed by atoms with Crippen LogP contribution in [0.25, 0.3) is 0 Å². The van der Waals surface area contributed by atoms with Gasteiger partial charge in [-0.25, -0.2) is 18.0 Å². The Kier molecular flexibility index (Phi) is 5.17. The molecule has 0 radical (unpaired) electrons. The van der Waals surface area contributed by atoms with E-state index in [-0.39, 0.29) is 16.4 Å². The quantitative estimate of drug-likeness (QED) is 0.833. The number of methoxy groups -OCH3 is 1. The van der Waals surface area contributed by atoms with Crippen molar-refractivity contribution >= 4 is 21.9 Å². The third-order valence-electron chi connectivity index (χ3n) is 4.37. The summed E-state index contributed by atoms with van der Waals surface area (Å²) < 4.78 is 29.1. The van der Waals surface area contributed by atoms with Gasteiger partial charge in [0.1, 0.15) is 0 Å². The minimum Gasteiger partial charge on any atom is -0.465 e. The first-order chi connectivity index (χ1) is 11.1. The number of rotatable bonds is 3. The van der Waals surface area contributed by atoms with Gasteiger partial charge in [-0.15, -0.1) is 0 Å². The molecule has 132 valence electrons. The van der Waals surface area contributed by atoms with Crippen molar-refractivity contribution in [2.75, 3.05) is 26.5 Å². The number of piperidine rings is 1. The molecule has 0 aliphatic carbocycles. The molecule has 0 bridgehead atoms. The van der Waals surface area contributed by atoms with Gasteiger partial charge < -0.3 is 14.7 Å². The standard InChI is InChI=1S/C16H21NO6S/c1-10-8-13(11-4-6-17(7-5-11)16(19)20)14(24(3,21)22)9-12(10)15(18)23-2/h8-9,11H,4-7H2,1-3H3,(H,19,20). The highest BCUT2D eigenvalue weighted by Crippen LogP contribution is 2.34. The highest BCUT2D eigenvalue weighted by molar-refractivity contribution is 7.90. The van der Waals surface area contributed by atoms with Gasteiger partial charge in [0.2, 0.25) is 0 Å². The third-order valence-corrected chi connectivity index (χ3v) is 5.52. The average Bonchev–Trinajstić information content (AvgIpc) is 2.52.